The number of amides is 1. The minimum absolute atomic E-state index is 0. The van der Waals surface area contributed by atoms with Crippen molar-refractivity contribution in [3.63, 3.8) is 0 Å². The van der Waals surface area contributed by atoms with Gasteiger partial charge in [-0.25, -0.2) is 0 Å². The molecule has 0 saturated carbocycles. The van der Waals surface area contributed by atoms with Crippen LogP contribution in [0.3, 0.4) is 0 Å². The quantitative estimate of drug-likeness (QED) is 0.297. The summed E-state index contributed by atoms with van der Waals surface area (Å²) in [5.74, 6) is 0. The molecule has 0 fully saturated rings. The molecule has 0 aromatic rings. The van der Waals surface area contributed by atoms with Crippen LogP contribution in [0.1, 0.15) is 0 Å². The topological polar surface area (TPSA) is 219 Å². The second kappa shape index (κ2) is 24.5. The molecule has 102 valence electrons. The van der Waals surface area contributed by atoms with Crippen LogP contribution in [0.2, 0.25) is 0 Å². The summed E-state index contributed by atoms with van der Waals surface area (Å²) >= 11 is 0. The third kappa shape index (κ3) is 35800. The van der Waals surface area contributed by atoms with E-state index in [1.807, 2.05) is 0 Å². The molecule has 14 nitrogen and oxygen atoms in total. The van der Waals surface area contributed by atoms with E-state index in [0.717, 1.165) is 6.41 Å². The zero-order valence-electron chi connectivity index (χ0n) is 9.03. The maximum absolute atomic E-state index is 9.43. The van der Waals surface area contributed by atoms with Crippen LogP contribution in [0.4, 0.5) is 0 Å². The molecule has 0 aromatic heterocycles. The molecule has 0 aromatic carbocycles. The Morgan fingerprint density at radius 3 is 0.833 bits per heavy atom. The first-order valence-corrected chi connectivity index (χ1v) is 3.03. The Balaban J connectivity index is -0.0000000412. The number of rotatable bonds is 1. The third-order valence-corrected chi connectivity index (χ3v) is 0.211. The van der Waals surface area contributed by atoms with Crippen molar-refractivity contribution < 1.29 is 55.7 Å². The average molecular weight is 398 g/mol. The molecule has 0 atom stereocenters. The molecule has 0 aliphatic heterocycles. The van der Waals surface area contributed by atoms with E-state index >= 15 is 0 Å². The summed E-state index contributed by atoms with van der Waals surface area (Å²) in [6.07, 6.45) is 0.750. The number of hydrogen-bond donors (Lipinski definition) is 0. The zero-order chi connectivity index (χ0) is 15.0. The van der Waals surface area contributed by atoms with Crippen LogP contribution >= 0.6 is 0 Å². The Hall–Kier alpha value is -1.74. The van der Waals surface area contributed by atoms with Crippen molar-refractivity contribution in [3.8, 4) is 0 Å². The van der Waals surface area contributed by atoms with E-state index in [1.165, 1.54) is 4.90 Å². The number of carbonyl (C=O) groups is 1. The van der Waals surface area contributed by atoms with Crippen molar-refractivity contribution >= 4 is 6.41 Å². The van der Waals surface area contributed by atoms with Crippen LogP contribution in [-0.2, 0) is 4.79 Å². The Morgan fingerprint density at radius 2 is 0.833 bits per heavy atom. The average Bonchev–Trinajstić information content (AvgIpc) is 2.00. The summed E-state index contributed by atoms with van der Waals surface area (Å²) < 4.78 is 0. The molecule has 0 aliphatic carbocycles. The van der Waals surface area contributed by atoms with Gasteiger partial charge in [-0.05, 0) is 0 Å². The van der Waals surface area contributed by atoms with E-state index in [2.05, 4.69) is 0 Å². The van der Waals surface area contributed by atoms with Crippen molar-refractivity contribution in [1.29, 1.82) is 0 Å². The minimum atomic E-state index is -1.75. The molecule has 15 heteroatoms. The molecule has 0 aliphatic rings. The van der Waals surface area contributed by atoms with Crippen molar-refractivity contribution in [2.24, 2.45) is 0 Å². The van der Waals surface area contributed by atoms with Crippen molar-refractivity contribution in [1.82, 2.24) is 4.90 Å². The Bertz CT molecular complexity index is 193. The fourth-order valence-electron chi connectivity index (χ4n) is 0. The normalized spacial score (nSPS) is 5.89. The van der Waals surface area contributed by atoms with E-state index in [1.54, 1.807) is 14.1 Å². The van der Waals surface area contributed by atoms with Crippen LogP contribution in [-0.4, -0.2) is 40.7 Å². The summed E-state index contributed by atoms with van der Waals surface area (Å²) in [5, 5.41) is 44.2. The molecular formula is C3H7LaN4O10. The van der Waals surface area contributed by atoms with Crippen molar-refractivity contribution in [2.75, 3.05) is 14.1 Å². The number of hydrogen-bond acceptors (Lipinski definition) is 10. The SMILES string of the molecule is CN(C)C=O.O=[N+]([O-])[O-].O=[N+]([O-])[O-].O=[N+]([O-])[O-].[La+3]. The van der Waals surface area contributed by atoms with E-state index in [0.29, 0.717) is 0 Å². The molecule has 0 heterocycles. The zero-order valence-corrected chi connectivity index (χ0v) is 12.7. The van der Waals surface area contributed by atoms with E-state index < -0.39 is 15.3 Å². The second-order valence-electron chi connectivity index (χ2n) is 1.74. The van der Waals surface area contributed by atoms with Crippen LogP contribution in [0.25, 0.3) is 0 Å². The van der Waals surface area contributed by atoms with E-state index in [-0.39, 0.29) is 35.6 Å². The van der Waals surface area contributed by atoms with Gasteiger partial charge in [0, 0.05) is 14.1 Å². The fraction of sp³-hybridized carbons (Fsp3) is 0.667. The first-order valence-electron chi connectivity index (χ1n) is 3.03. The molecule has 0 radical (unpaired) electrons. The molecule has 0 unspecified atom stereocenters. The van der Waals surface area contributed by atoms with Crippen LogP contribution < -0.4 is 0 Å². The van der Waals surface area contributed by atoms with Crippen molar-refractivity contribution in [3.05, 3.63) is 46.0 Å². The maximum atomic E-state index is 9.43. The molecule has 18 heavy (non-hydrogen) atoms. The van der Waals surface area contributed by atoms with E-state index in [4.69, 9.17) is 46.0 Å². The van der Waals surface area contributed by atoms with Gasteiger partial charge in [-0.1, -0.05) is 0 Å². The van der Waals surface area contributed by atoms with Crippen LogP contribution in [0.15, 0.2) is 0 Å². The van der Waals surface area contributed by atoms with Gasteiger partial charge in [0.1, 0.15) is 0 Å². The van der Waals surface area contributed by atoms with Gasteiger partial charge in [-0.2, -0.15) is 0 Å². The number of carbonyl (C=O) groups excluding carboxylic acids is 1. The van der Waals surface area contributed by atoms with Crippen LogP contribution in [0, 0.1) is 81.6 Å². The Kier molecular flexibility index (Phi) is 40.6. The largest absolute Gasteiger partial charge is 3.00 e. The van der Waals surface area contributed by atoms with Gasteiger partial charge in [0.2, 0.25) is 6.41 Å². The summed E-state index contributed by atoms with van der Waals surface area (Å²) in [5.41, 5.74) is 0. The van der Waals surface area contributed by atoms with Crippen LogP contribution in [0.5, 0.6) is 0 Å². The first-order chi connectivity index (χ1) is 7.47. The van der Waals surface area contributed by atoms with Gasteiger partial charge in [0.15, 0.2) is 0 Å². The summed E-state index contributed by atoms with van der Waals surface area (Å²) in [6.45, 7) is 0. The molecule has 0 saturated heterocycles. The predicted octanol–water partition coefficient (Wildman–Crippen LogP) is -1.01. The van der Waals surface area contributed by atoms with E-state index in [9.17, 15) is 4.79 Å². The Labute approximate surface area is 127 Å². The molecule has 1 amide bonds. The summed E-state index contributed by atoms with van der Waals surface area (Å²) in [7, 11) is 3.38. The Morgan fingerprint density at radius 1 is 0.778 bits per heavy atom. The molecule has 0 bridgehead atoms. The van der Waals surface area contributed by atoms with Gasteiger partial charge >= 0.3 is 35.6 Å². The van der Waals surface area contributed by atoms with Gasteiger partial charge in [-0.15, -0.1) is 0 Å². The maximum Gasteiger partial charge on any atom is 3.00 e. The molecule has 0 spiro atoms. The number of nitrogens with zero attached hydrogens (tertiary/aromatic N) is 4. The molecule has 0 N–H and O–H groups in total. The van der Waals surface area contributed by atoms with Gasteiger partial charge in [-0.3, -0.25) is 4.79 Å². The molecular weight excluding hydrogens is 391 g/mol. The van der Waals surface area contributed by atoms with Gasteiger partial charge in [0.05, 0.1) is 15.3 Å². The predicted molar refractivity (Wildman–Crippen MR) is 50.8 cm³/mol. The minimum Gasteiger partial charge on any atom is -0.356 e. The van der Waals surface area contributed by atoms with Gasteiger partial charge in [0.25, 0.3) is 0 Å². The summed E-state index contributed by atoms with van der Waals surface area (Å²) in [6, 6.07) is 0. The van der Waals surface area contributed by atoms with Crippen molar-refractivity contribution in [2.45, 2.75) is 0 Å². The summed E-state index contributed by atoms with van der Waals surface area (Å²) in [4.78, 5) is 35.6. The first kappa shape index (κ1) is 29.9. The second-order valence-corrected chi connectivity index (χ2v) is 1.74. The standard InChI is InChI=1S/C3H7NO.La.3NO3/c1-4(2)3-5;;3*2-1(3)4/h3H,1-2H3;;;;/q;+3;3*-1. The third-order valence-electron chi connectivity index (χ3n) is 0.211. The fourth-order valence-corrected chi connectivity index (χ4v) is 0. The van der Waals surface area contributed by atoms with Gasteiger partial charge < -0.3 is 50.9 Å². The monoisotopic (exact) mass is 398 g/mol. The molecule has 0 rings (SSSR count). The smallest absolute Gasteiger partial charge is 0.356 e.